The zero-order valence-electron chi connectivity index (χ0n) is 16.5. The molecular weight excluding hydrogens is 392 g/mol. The van der Waals surface area contributed by atoms with Crippen molar-refractivity contribution in [3.8, 4) is 0 Å². The molecular formula is C21H26N2O3S2. The van der Waals surface area contributed by atoms with Crippen molar-refractivity contribution in [3.63, 3.8) is 0 Å². The first-order valence-electron chi connectivity index (χ1n) is 9.56. The predicted octanol–water partition coefficient (Wildman–Crippen LogP) is 4.25. The van der Waals surface area contributed by atoms with Gasteiger partial charge in [0.15, 0.2) is 0 Å². The number of thioether (sulfide) groups is 1. The number of fused-ring (bicyclic) bond motifs is 1. The highest BCUT2D eigenvalue weighted by Gasteiger charge is 2.26. The van der Waals surface area contributed by atoms with Crippen molar-refractivity contribution >= 4 is 33.4 Å². The van der Waals surface area contributed by atoms with Crippen LogP contribution in [0.5, 0.6) is 0 Å². The van der Waals surface area contributed by atoms with Crippen molar-refractivity contribution < 1.29 is 13.2 Å². The number of carbonyl (C=O) groups is 1. The molecule has 150 valence electrons. The van der Waals surface area contributed by atoms with E-state index in [9.17, 15) is 13.2 Å². The van der Waals surface area contributed by atoms with Crippen LogP contribution in [0.25, 0.3) is 0 Å². The van der Waals surface area contributed by atoms with Crippen LogP contribution in [0.2, 0.25) is 0 Å². The minimum absolute atomic E-state index is 0.103. The molecule has 0 spiro atoms. The molecule has 0 fully saturated rings. The monoisotopic (exact) mass is 418 g/mol. The molecule has 2 aromatic carbocycles. The molecule has 0 N–H and O–H groups in total. The Labute approximate surface area is 171 Å². The van der Waals surface area contributed by atoms with Crippen LogP contribution in [-0.2, 0) is 10.0 Å². The molecule has 1 amide bonds. The van der Waals surface area contributed by atoms with Crippen LogP contribution in [0.15, 0.2) is 58.3 Å². The minimum atomic E-state index is -3.53. The van der Waals surface area contributed by atoms with Gasteiger partial charge in [0.1, 0.15) is 0 Å². The predicted molar refractivity (Wildman–Crippen MR) is 115 cm³/mol. The lowest BCUT2D eigenvalue weighted by Gasteiger charge is -2.23. The number of carbonyl (C=O) groups excluding carboxylic acids is 1. The third kappa shape index (κ3) is 4.11. The third-order valence-corrected chi connectivity index (χ3v) is 8.23. The molecule has 7 heteroatoms. The Hall–Kier alpha value is -1.83. The van der Waals surface area contributed by atoms with Crippen molar-refractivity contribution in [2.45, 2.75) is 42.2 Å². The standard InChI is InChI=1S/C21H26N2O3S2/c1-4-22(5-2)28(25,26)18-12-10-17(11-13-18)21(24)23-15-14-16(3)27-20-9-7-6-8-19(20)23/h6-13,16H,4-5,14-15H2,1-3H3/t16-/m0/s1. The fourth-order valence-electron chi connectivity index (χ4n) is 3.34. The molecule has 3 rings (SSSR count). The molecule has 5 nitrogen and oxygen atoms in total. The summed E-state index contributed by atoms with van der Waals surface area (Å²) in [7, 11) is -3.53. The fraction of sp³-hybridized carbons (Fsp3) is 0.381. The van der Waals surface area contributed by atoms with Crippen LogP contribution in [-0.4, -0.2) is 43.5 Å². The first kappa shape index (κ1) is 20.9. The van der Waals surface area contributed by atoms with Crippen LogP contribution < -0.4 is 4.90 Å². The number of para-hydroxylation sites is 1. The molecule has 0 aliphatic carbocycles. The topological polar surface area (TPSA) is 57.7 Å². The number of rotatable bonds is 5. The second-order valence-corrected chi connectivity index (χ2v) is 10.2. The Morgan fingerprint density at radius 3 is 2.39 bits per heavy atom. The highest BCUT2D eigenvalue weighted by Crippen LogP contribution is 2.37. The number of hydrogen-bond donors (Lipinski definition) is 0. The van der Waals surface area contributed by atoms with Crippen molar-refractivity contribution in [2.75, 3.05) is 24.5 Å². The quantitative estimate of drug-likeness (QED) is 0.728. The fourth-order valence-corrected chi connectivity index (χ4v) is 5.91. The summed E-state index contributed by atoms with van der Waals surface area (Å²) < 4.78 is 26.7. The summed E-state index contributed by atoms with van der Waals surface area (Å²) in [5, 5.41) is 0.431. The number of hydrogen-bond acceptors (Lipinski definition) is 4. The Kier molecular flexibility index (Phi) is 6.47. The Balaban J connectivity index is 1.90. The normalized spacial score (nSPS) is 17.3. The average molecular weight is 419 g/mol. The number of nitrogens with zero attached hydrogens (tertiary/aromatic N) is 2. The zero-order valence-corrected chi connectivity index (χ0v) is 18.1. The number of amides is 1. The molecule has 0 unspecified atom stereocenters. The molecule has 28 heavy (non-hydrogen) atoms. The van der Waals surface area contributed by atoms with Gasteiger partial charge in [-0.1, -0.05) is 32.9 Å². The molecule has 0 aromatic heterocycles. The van der Waals surface area contributed by atoms with E-state index in [-0.39, 0.29) is 10.8 Å². The van der Waals surface area contributed by atoms with E-state index in [2.05, 4.69) is 6.92 Å². The van der Waals surface area contributed by atoms with E-state index in [4.69, 9.17) is 0 Å². The van der Waals surface area contributed by atoms with Crippen LogP contribution >= 0.6 is 11.8 Å². The summed E-state index contributed by atoms with van der Waals surface area (Å²) in [6.45, 7) is 7.27. The van der Waals surface area contributed by atoms with E-state index < -0.39 is 10.0 Å². The van der Waals surface area contributed by atoms with Gasteiger partial charge in [-0.25, -0.2) is 8.42 Å². The molecule has 0 radical (unpaired) electrons. The Bertz CT molecular complexity index is 938. The van der Waals surface area contributed by atoms with Crippen molar-refractivity contribution in [1.82, 2.24) is 4.31 Å². The zero-order chi connectivity index (χ0) is 20.3. The summed E-state index contributed by atoms with van der Waals surface area (Å²) in [6, 6.07) is 14.2. The summed E-state index contributed by atoms with van der Waals surface area (Å²) >= 11 is 1.78. The lowest BCUT2D eigenvalue weighted by molar-refractivity contribution is 0.0986. The highest BCUT2D eigenvalue weighted by atomic mass is 32.2. The van der Waals surface area contributed by atoms with E-state index >= 15 is 0 Å². The van der Waals surface area contributed by atoms with Gasteiger partial charge < -0.3 is 4.90 Å². The number of benzene rings is 2. The van der Waals surface area contributed by atoms with Gasteiger partial charge in [0.05, 0.1) is 10.6 Å². The van der Waals surface area contributed by atoms with E-state index in [1.807, 2.05) is 38.1 Å². The van der Waals surface area contributed by atoms with Crippen molar-refractivity contribution in [1.29, 1.82) is 0 Å². The molecule has 0 saturated heterocycles. The van der Waals surface area contributed by atoms with Gasteiger partial charge in [-0.2, -0.15) is 4.31 Å². The average Bonchev–Trinajstić information content (AvgIpc) is 2.86. The number of anilines is 1. The molecule has 1 aliphatic rings. The maximum Gasteiger partial charge on any atom is 0.258 e. The minimum Gasteiger partial charge on any atom is -0.307 e. The summed E-state index contributed by atoms with van der Waals surface area (Å²) in [6.07, 6.45) is 0.902. The van der Waals surface area contributed by atoms with Crippen molar-refractivity contribution in [2.24, 2.45) is 0 Å². The Morgan fingerprint density at radius 2 is 1.75 bits per heavy atom. The van der Waals surface area contributed by atoms with Crippen molar-refractivity contribution in [3.05, 3.63) is 54.1 Å². The first-order chi connectivity index (χ1) is 13.4. The smallest absolute Gasteiger partial charge is 0.258 e. The Morgan fingerprint density at radius 1 is 1.11 bits per heavy atom. The van der Waals surface area contributed by atoms with E-state index in [0.29, 0.717) is 30.4 Å². The second-order valence-electron chi connectivity index (χ2n) is 6.76. The number of sulfonamides is 1. The first-order valence-corrected chi connectivity index (χ1v) is 11.9. The lowest BCUT2D eigenvalue weighted by atomic mass is 10.1. The maximum atomic E-state index is 13.2. The molecule has 0 saturated carbocycles. The van der Waals surface area contributed by atoms with Gasteiger partial charge in [0.25, 0.3) is 5.91 Å². The van der Waals surface area contributed by atoms with Gasteiger partial charge >= 0.3 is 0 Å². The molecule has 1 atom stereocenters. The lowest BCUT2D eigenvalue weighted by Crippen LogP contribution is -2.32. The maximum absolute atomic E-state index is 13.2. The van der Waals surface area contributed by atoms with Crippen LogP contribution in [0.4, 0.5) is 5.69 Å². The summed E-state index contributed by atoms with van der Waals surface area (Å²) in [5.41, 5.74) is 1.41. The molecule has 0 bridgehead atoms. The van der Waals surface area contributed by atoms with Crippen LogP contribution in [0.3, 0.4) is 0 Å². The molecule has 2 aromatic rings. The summed E-state index contributed by atoms with van der Waals surface area (Å²) in [4.78, 5) is 16.3. The third-order valence-electron chi connectivity index (χ3n) is 4.93. The highest BCUT2D eigenvalue weighted by molar-refractivity contribution is 8.00. The van der Waals surface area contributed by atoms with Gasteiger partial charge in [0, 0.05) is 35.3 Å². The van der Waals surface area contributed by atoms with E-state index in [1.165, 1.54) is 16.4 Å². The van der Waals surface area contributed by atoms with E-state index in [1.54, 1.807) is 28.8 Å². The molecule has 1 heterocycles. The SMILES string of the molecule is CCN(CC)S(=O)(=O)c1ccc(C(=O)N2CC[C@H](C)Sc3ccccc32)cc1. The summed E-state index contributed by atoms with van der Waals surface area (Å²) in [5.74, 6) is -0.103. The van der Waals surface area contributed by atoms with Gasteiger partial charge in [-0.3, -0.25) is 4.79 Å². The van der Waals surface area contributed by atoms with Gasteiger partial charge in [-0.15, -0.1) is 11.8 Å². The van der Waals surface area contributed by atoms with Gasteiger partial charge in [0.2, 0.25) is 10.0 Å². The van der Waals surface area contributed by atoms with Crippen LogP contribution in [0.1, 0.15) is 37.6 Å². The molecule has 1 aliphatic heterocycles. The van der Waals surface area contributed by atoms with Gasteiger partial charge in [-0.05, 0) is 42.8 Å². The second kappa shape index (κ2) is 8.68. The largest absolute Gasteiger partial charge is 0.307 e. The van der Waals surface area contributed by atoms with Crippen LogP contribution in [0, 0.1) is 0 Å². The van der Waals surface area contributed by atoms with E-state index in [0.717, 1.165) is 17.0 Å².